The fourth-order valence-corrected chi connectivity index (χ4v) is 3.11. The number of rotatable bonds is 6. The van der Waals surface area contributed by atoms with E-state index in [1.807, 2.05) is 43.3 Å². The maximum atomic E-state index is 12.5. The number of aryl methyl sites for hydroxylation is 2. The molecule has 0 saturated heterocycles. The normalized spacial score (nSPS) is 10.9. The third-order valence-electron chi connectivity index (χ3n) is 4.52. The fraction of sp³-hybridized carbons (Fsp3) is 0.190. The summed E-state index contributed by atoms with van der Waals surface area (Å²) in [6.07, 6.45) is 0.0997. The van der Waals surface area contributed by atoms with Gasteiger partial charge < -0.3 is 5.32 Å². The van der Waals surface area contributed by atoms with E-state index in [2.05, 4.69) is 20.7 Å². The van der Waals surface area contributed by atoms with Crippen LogP contribution in [0.15, 0.2) is 65.5 Å². The molecule has 1 amide bonds. The van der Waals surface area contributed by atoms with Gasteiger partial charge in [0.25, 0.3) is 5.56 Å². The van der Waals surface area contributed by atoms with Crippen LogP contribution < -0.4 is 10.9 Å². The highest BCUT2D eigenvalue weighted by molar-refractivity contribution is 5.89. The lowest BCUT2D eigenvalue weighted by molar-refractivity contribution is -0.116. The van der Waals surface area contributed by atoms with Crippen LogP contribution in [0.4, 0.5) is 5.82 Å². The van der Waals surface area contributed by atoms with E-state index in [0.717, 1.165) is 11.3 Å². The molecule has 0 aliphatic rings. The van der Waals surface area contributed by atoms with E-state index in [-0.39, 0.29) is 24.4 Å². The Labute approximate surface area is 166 Å². The molecule has 0 unspecified atom stereocenters. The van der Waals surface area contributed by atoms with E-state index in [1.165, 1.54) is 4.68 Å². The first-order chi connectivity index (χ1) is 14.1. The average Bonchev–Trinajstić information content (AvgIpc) is 3.07. The molecule has 2 aromatic carbocycles. The molecular weight excluding hydrogens is 368 g/mol. The molecule has 0 aliphatic heterocycles. The number of anilines is 1. The zero-order chi connectivity index (χ0) is 20.2. The lowest BCUT2D eigenvalue weighted by Crippen LogP contribution is -2.27. The Hall–Kier alpha value is -3.81. The summed E-state index contributed by atoms with van der Waals surface area (Å²) in [6, 6.07) is 18.7. The van der Waals surface area contributed by atoms with Crippen LogP contribution in [0.3, 0.4) is 0 Å². The molecule has 0 spiro atoms. The van der Waals surface area contributed by atoms with Crippen molar-refractivity contribution in [3.8, 4) is 0 Å². The molecule has 0 radical (unpaired) electrons. The second kappa shape index (κ2) is 8.05. The van der Waals surface area contributed by atoms with E-state index >= 15 is 0 Å². The highest BCUT2D eigenvalue weighted by Gasteiger charge is 2.12. The number of nitrogens with one attached hydrogen (secondary N) is 1. The maximum absolute atomic E-state index is 12.5. The van der Waals surface area contributed by atoms with Crippen LogP contribution in [0, 0.1) is 6.92 Å². The highest BCUT2D eigenvalue weighted by Crippen LogP contribution is 2.13. The smallest absolute Gasteiger partial charge is 0.277 e. The molecule has 4 rings (SSSR count). The Bertz CT molecular complexity index is 1210. The van der Waals surface area contributed by atoms with Crippen LogP contribution >= 0.6 is 0 Å². The number of carbonyl (C=O) groups is 1. The van der Waals surface area contributed by atoms with Crippen LogP contribution in [0.5, 0.6) is 0 Å². The third-order valence-corrected chi connectivity index (χ3v) is 4.52. The zero-order valence-electron chi connectivity index (χ0n) is 15.9. The summed E-state index contributed by atoms with van der Waals surface area (Å²) in [5, 5.41) is 15.8. The summed E-state index contributed by atoms with van der Waals surface area (Å²) < 4.78 is 2.97. The van der Waals surface area contributed by atoms with Crippen molar-refractivity contribution < 1.29 is 4.79 Å². The van der Waals surface area contributed by atoms with Crippen LogP contribution in [0.2, 0.25) is 0 Å². The molecule has 8 heteroatoms. The zero-order valence-corrected chi connectivity index (χ0v) is 15.9. The van der Waals surface area contributed by atoms with Crippen molar-refractivity contribution in [3.05, 3.63) is 82.3 Å². The van der Waals surface area contributed by atoms with Gasteiger partial charge in [-0.3, -0.25) is 9.59 Å². The predicted molar refractivity (Wildman–Crippen MR) is 110 cm³/mol. The van der Waals surface area contributed by atoms with E-state index in [0.29, 0.717) is 23.3 Å². The molecule has 0 saturated carbocycles. The Kier molecular flexibility index (Phi) is 5.15. The van der Waals surface area contributed by atoms with Gasteiger partial charge in [-0.15, -0.1) is 5.10 Å². The lowest BCUT2D eigenvalue weighted by atomic mass is 10.2. The molecule has 2 aromatic heterocycles. The molecule has 0 atom stereocenters. The molecule has 4 aromatic rings. The van der Waals surface area contributed by atoms with Gasteiger partial charge in [0.05, 0.1) is 24.2 Å². The van der Waals surface area contributed by atoms with Crippen molar-refractivity contribution in [2.45, 2.75) is 26.4 Å². The number of hydrogen-bond donors (Lipinski definition) is 1. The minimum Gasteiger partial charge on any atom is -0.311 e. The van der Waals surface area contributed by atoms with E-state index in [9.17, 15) is 9.59 Å². The molecule has 1 N–H and O–H groups in total. The van der Waals surface area contributed by atoms with Crippen molar-refractivity contribution in [1.29, 1.82) is 0 Å². The summed E-state index contributed by atoms with van der Waals surface area (Å²) in [5.74, 6) is 0.398. The fourth-order valence-electron chi connectivity index (χ4n) is 3.11. The third kappa shape index (κ3) is 4.21. The SMILES string of the molecule is Cc1cc(NC(=O)CCn2nnc3ccccc3c2=O)n(Cc2ccccc2)n1. The van der Waals surface area contributed by atoms with Crippen LogP contribution in [0.25, 0.3) is 10.9 Å². The molecule has 0 bridgehead atoms. The van der Waals surface area contributed by atoms with Gasteiger partial charge in [-0.25, -0.2) is 9.36 Å². The maximum Gasteiger partial charge on any atom is 0.277 e. The lowest BCUT2D eigenvalue weighted by Gasteiger charge is -2.09. The Balaban J connectivity index is 1.44. The van der Waals surface area contributed by atoms with Gasteiger partial charge in [0.2, 0.25) is 5.91 Å². The summed E-state index contributed by atoms with van der Waals surface area (Å²) in [4.78, 5) is 24.9. The van der Waals surface area contributed by atoms with Gasteiger partial charge in [0.1, 0.15) is 11.3 Å². The summed E-state index contributed by atoms with van der Waals surface area (Å²) >= 11 is 0. The topological polar surface area (TPSA) is 94.7 Å². The van der Waals surface area contributed by atoms with E-state index < -0.39 is 0 Å². The van der Waals surface area contributed by atoms with Crippen molar-refractivity contribution >= 4 is 22.6 Å². The quantitative estimate of drug-likeness (QED) is 0.547. The Morgan fingerprint density at radius 1 is 1.03 bits per heavy atom. The monoisotopic (exact) mass is 388 g/mol. The van der Waals surface area contributed by atoms with Gasteiger partial charge in [-0.2, -0.15) is 5.10 Å². The van der Waals surface area contributed by atoms with Crippen LogP contribution in [-0.2, 0) is 17.9 Å². The summed E-state index contributed by atoms with van der Waals surface area (Å²) in [6.45, 7) is 2.58. The molecular formula is C21H20N6O2. The second-order valence-corrected chi connectivity index (χ2v) is 6.75. The predicted octanol–water partition coefficient (Wildman–Crippen LogP) is 2.37. The summed E-state index contributed by atoms with van der Waals surface area (Å²) in [7, 11) is 0. The molecule has 2 heterocycles. The van der Waals surface area contributed by atoms with Crippen molar-refractivity contribution in [2.24, 2.45) is 0 Å². The van der Waals surface area contributed by atoms with E-state index in [4.69, 9.17) is 0 Å². The largest absolute Gasteiger partial charge is 0.311 e. The number of fused-ring (bicyclic) bond motifs is 1. The number of aromatic nitrogens is 5. The molecule has 8 nitrogen and oxygen atoms in total. The number of amides is 1. The first-order valence-electron chi connectivity index (χ1n) is 9.31. The molecule has 146 valence electrons. The van der Waals surface area contributed by atoms with Crippen molar-refractivity contribution in [3.63, 3.8) is 0 Å². The molecule has 29 heavy (non-hydrogen) atoms. The first kappa shape index (κ1) is 18.5. The van der Waals surface area contributed by atoms with Gasteiger partial charge in [0, 0.05) is 12.5 Å². The summed E-state index contributed by atoms with van der Waals surface area (Å²) in [5.41, 5.74) is 2.18. The van der Waals surface area contributed by atoms with E-state index in [1.54, 1.807) is 28.9 Å². The standard InChI is InChI=1S/C21H20N6O2/c1-15-13-19(27(24-15)14-16-7-3-2-4-8-16)22-20(28)11-12-26-21(29)17-9-5-6-10-18(17)23-25-26/h2-10,13H,11-12,14H2,1H3,(H,22,28). The minimum absolute atomic E-state index is 0.0997. The number of hydrogen-bond acceptors (Lipinski definition) is 5. The first-order valence-corrected chi connectivity index (χ1v) is 9.31. The number of carbonyl (C=O) groups excluding carboxylic acids is 1. The van der Waals surface area contributed by atoms with Gasteiger partial charge in [-0.1, -0.05) is 47.7 Å². The highest BCUT2D eigenvalue weighted by atomic mass is 16.2. The minimum atomic E-state index is -0.256. The van der Waals surface area contributed by atoms with Gasteiger partial charge in [-0.05, 0) is 24.6 Å². The van der Waals surface area contributed by atoms with Gasteiger partial charge >= 0.3 is 0 Å². The molecule has 0 aliphatic carbocycles. The Morgan fingerprint density at radius 3 is 2.62 bits per heavy atom. The number of nitrogens with zero attached hydrogens (tertiary/aromatic N) is 5. The molecule has 0 fully saturated rings. The van der Waals surface area contributed by atoms with Crippen LogP contribution in [0.1, 0.15) is 17.7 Å². The van der Waals surface area contributed by atoms with Crippen molar-refractivity contribution in [1.82, 2.24) is 24.8 Å². The van der Waals surface area contributed by atoms with Gasteiger partial charge in [0.15, 0.2) is 0 Å². The number of benzene rings is 2. The van der Waals surface area contributed by atoms with Crippen molar-refractivity contribution in [2.75, 3.05) is 5.32 Å². The average molecular weight is 388 g/mol. The Morgan fingerprint density at radius 2 is 1.79 bits per heavy atom. The second-order valence-electron chi connectivity index (χ2n) is 6.75. The van der Waals surface area contributed by atoms with Crippen LogP contribution in [-0.4, -0.2) is 30.7 Å².